The molecule has 212 valence electrons. The largest absolute Gasteiger partial charge is 0.486 e. The molecule has 2 aliphatic rings. The second kappa shape index (κ2) is 12.9. The lowest BCUT2D eigenvalue weighted by molar-refractivity contribution is -0.129. The van der Waals surface area contributed by atoms with Crippen LogP contribution in [0.5, 0.6) is 5.75 Å². The minimum Gasteiger partial charge on any atom is -0.486 e. The van der Waals surface area contributed by atoms with E-state index in [2.05, 4.69) is 42.6 Å². The number of anilines is 1. The van der Waals surface area contributed by atoms with Gasteiger partial charge in [-0.15, -0.1) is 0 Å². The predicted octanol–water partition coefficient (Wildman–Crippen LogP) is 1.62. The average molecular weight is 550 g/mol. The Morgan fingerprint density at radius 2 is 2.02 bits per heavy atom. The lowest BCUT2D eigenvalue weighted by atomic mass is 9.99. The third-order valence-corrected chi connectivity index (χ3v) is 7.29. The SMILES string of the molecule is CC(=O)N1CCC(Nc2cc(C(=O)NCC(O)CN3CCc4cc(OCc5cnco5)ccc4C3)ncn2)CC1. The smallest absolute Gasteiger partial charge is 0.270 e. The number of carbonyl (C=O) groups excluding carboxylic acids is 2. The Kier molecular flexibility index (Phi) is 8.87. The van der Waals surface area contributed by atoms with E-state index < -0.39 is 6.10 Å². The van der Waals surface area contributed by atoms with Crippen LogP contribution in [0.25, 0.3) is 0 Å². The van der Waals surface area contributed by atoms with Crippen molar-refractivity contribution in [1.29, 1.82) is 0 Å². The van der Waals surface area contributed by atoms with Gasteiger partial charge in [0.2, 0.25) is 5.91 Å². The molecule has 3 N–H and O–H groups in total. The third kappa shape index (κ3) is 7.33. The summed E-state index contributed by atoms with van der Waals surface area (Å²) in [5.41, 5.74) is 2.66. The molecule has 1 aromatic carbocycles. The summed E-state index contributed by atoms with van der Waals surface area (Å²) >= 11 is 0. The van der Waals surface area contributed by atoms with Crippen molar-refractivity contribution in [3.05, 3.63) is 65.8 Å². The monoisotopic (exact) mass is 549 g/mol. The van der Waals surface area contributed by atoms with Crippen LogP contribution < -0.4 is 15.4 Å². The van der Waals surface area contributed by atoms with Crippen LogP contribution in [-0.4, -0.2) is 86.5 Å². The molecule has 0 spiro atoms. The van der Waals surface area contributed by atoms with E-state index in [4.69, 9.17) is 9.15 Å². The molecule has 3 aromatic rings. The molecule has 0 bridgehead atoms. The number of amides is 2. The Hall–Kier alpha value is -4.03. The van der Waals surface area contributed by atoms with E-state index in [0.717, 1.165) is 38.1 Å². The molecule has 0 saturated carbocycles. The number of nitrogens with one attached hydrogen (secondary N) is 2. The van der Waals surface area contributed by atoms with Gasteiger partial charge in [-0.25, -0.2) is 15.0 Å². The van der Waals surface area contributed by atoms with Crippen LogP contribution in [0, 0.1) is 0 Å². The molecule has 1 atom stereocenters. The van der Waals surface area contributed by atoms with Crippen molar-refractivity contribution in [2.24, 2.45) is 0 Å². The van der Waals surface area contributed by atoms with Gasteiger partial charge < -0.3 is 29.8 Å². The van der Waals surface area contributed by atoms with Crippen LogP contribution in [0.15, 0.2) is 47.6 Å². The number of aromatic nitrogens is 3. The van der Waals surface area contributed by atoms with Gasteiger partial charge in [0.15, 0.2) is 12.2 Å². The molecule has 5 rings (SSSR count). The minimum absolute atomic E-state index is 0.0894. The summed E-state index contributed by atoms with van der Waals surface area (Å²) in [6.07, 6.45) is 6.13. The van der Waals surface area contributed by atoms with Crippen LogP contribution in [0.1, 0.15) is 47.1 Å². The molecule has 1 unspecified atom stereocenters. The first-order valence-electron chi connectivity index (χ1n) is 13.6. The van der Waals surface area contributed by atoms with Crippen molar-refractivity contribution in [3.8, 4) is 5.75 Å². The van der Waals surface area contributed by atoms with Gasteiger partial charge >= 0.3 is 0 Å². The number of aliphatic hydroxyl groups excluding tert-OH is 1. The number of nitrogens with zero attached hydrogens (tertiary/aromatic N) is 5. The molecular weight excluding hydrogens is 514 g/mol. The maximum absolute atomic E-state index is 12.7. The number of piperidine rings is 1. The van der Waals surface area contributed by atoms with E-state index in [1.807, 2.05) is 11.0 Å². The number of fused-ring (bicyclic) bond motifs is 1. The Morgan fingerprint density at radius 3 is 2.80 bits per heavy atom. The highest BCUT2D eigenvalue weighted by Crippen LogP contribution is 2.24. The van der Waals surface area contributed by atoms with Crippen LogP contribution in [0.3, 0.4) is 0 Å². The quantitative estimate of drug-likeness (QED) is 0.341. The fourth-order valence-electron chi connectivity index (χ4n) is 5.07. The molecule has 1 saturated heterocycles. The molecule has 4 heterocycles. The highest BCUT2D eigenvalue weighted by atomic mass is 16.5. The lowest BCUT2D eigenvalue weighted by Crippen LogP contribution is -2.42. The Morgan fingerprint density at radius 1 is 1.18 bits per heavy atom. The van der Waals surface area contributed by atoms with Gasteiger partial charge in [-0.3, -0.25) is 14.5 Å². The zero-order valence-corrected chi connectivity index (χ0v) is 22.6. The van der Waals surface area contributed by atoms with E-state index in [1.54, 1.807) is 19.2 Å². The van der Waals surface area contributed by atoms with Crippen molar-refractivity contribution < 1.29 is 23.8 Å². The first kappa shape index (κ1) is 27.5. The first-order valence-corrected chi connectivity index (χ1v) is 13.6. The average Bonchev–Trinajstić information content (AvgIpc) is 3.49. The molecular formula is C28H35N7O5. The number of aliphatic hydroxyl groups is 1. The number of hydrogen-bond donors (Lipinski definition) is 3. The summed E-state index contributed by atoms with van der Waals surface area (Å²) in [6, 6.07) is 7.84. The van der Waals surface area contributed by atoms with Crippen molar-refractivity contribution in [3.63, 3.8) is 0 Å². The number of likely N-dealkylation sites (tertiary alicyclic amines) is 1. The number of carbonyl (C=O) groups is 2. The number of oxazole rings is 1. The van der Waals surface area contributed by atoms with Gasteiger partial charge in [0, 0.05) is 58.3 Å². The third-order valence-electron chi connectivity index (χ3n) is 7.29. The second-order valence-corrected chi connectivity index (χ2v) is 10.2. The minimum atomic E-state index is -0.721. The Balaban J connectivity index is 1.05. The topological polar surface area (TPSA) is 146 Å². The van der Waals surface area contributed by atoms with Gasteiger partial charge in [-0.05, 0) is 42.5 Å². The molecule has 2 aliphatic heterocycles. The van der Waals surface area contributed by atoms with Crippen molar-refractivity contribution in [2.75, 3.05) is 38.0 Å². The van der Waals surface area contributed by atoms with Gasteiger partial charge in [0.25, 0.3) is 5.91 Å². The fourth-order valence-corrected chi connectivity index (χ4v) is 5.07. The summed E-state index contributed by atoms with van der Waals surface area (Å²) in [6.45, 7) is 5.40. The maximum atomic E-state index is 12.7. The second-order valence-electron chi connectivity index (χ2n) is 10.2. The number of β-amino-alcohol motifs (C(OH)–C–C–N with tert-alkyl or cyclic N) is 1. The Labute approximate surface area is 232 Å². The van der Waals surface area contributed by atoms with E-state index in [9.17, 15) is 14.7 Å². The number of ether oxygens (including phenoxy) is 1. The van der Waals surface area contributed by atoms with E-state index in [1.165, 1.54) is 23.8 Å². The zero-order valence-electron chi connectivity index (χ0n) is 22.6. The van der Waals surface area contributed by atoms with Gasteiger partial charge in [0.1, 0.15) is 30.2 Å². The summed E-state index contributed by atoms with van der Waals surface area (Å²) in [4.78, 5) is 40.5. The number of hydrogen-bond acceptors (Lipinski definition) is 10. The fraction of sp³-hybridized carbons (Fsp3) is 0.464. The maximum Gasteiger partial charge on any atom is 0.270 e. The molecule has 1 fully saturated rings. The predicted molar refractivity (Wildman–Crippen MR) is 146 cm³/mol. The van der Waals surface area contributed by atoms with Crippen LogP contribution in [-0.2, 0) is 24.4 Å². The number of rotatable bonds is 10. The molecule has 2 aromatic heterocycles. The normalized spacial score (nSPS) is 16.7. The standard InChI is InChI=1S/C28H35N7O5/c1-19(36)35-8-5-22(6-9-35)33-27-11-26(31-17-32-27)28(38)30-12-23(37)15-34-7-4-20-10-24(3-2-21(20)14-34)39-16-25-13-29-18-40-25/h2-3,10-11,13,17-18,22-23,37H,4-9,12,14-16H2,1H3,(H,30,38)(H,31,32,33). The van der Waals surface area contributed by atoms with Gasteiger partial charge in [-0.2, -0.15) is 0 Å². The van der Waals surface area contributed by atoms with Gasteiger partial charge in [-0.1, -0.05) is 6.07 Å². The van der Waals surface area contributed by atoms with E-state index in [-0.39, 0.29) is 30.1 Å². The van der Waals surface area contributed by atoms with Crippen molar-refractivity contribution in [1.82, 2.24) is 30.1 Å². The van der Waals surface area contributed by atoms with Crippen molar-refractivity contribution >= 4 is 17.6 Å². The highest BCUT2D eigenvalue weighted by molar-refractivity contribution is 5.92. The molecule has 0 radical (unpaired) electrons. The summed E-state index contributed by atoms with van der Waals surface area (Å²) in [5, 5.41) is 16.7. The van der Waals surface area contributed by atoms with Crippen LogP contribution in [0.4, 0.5) is 5.82 Å². The molecule has 0 aliphatic carbocycles. The lowest BCUT2D eigenvalue weighted by Gasteiger charge is -2.31. The van der Waals surface area contributed by atoms with Gasteiger partial charge in [0.05, 0.1) is 12.3 Å². The molecule has 12 nitrogen and oxygen atoms in total. The van der Waals surface area contributed by atoms with Crippen LogP contribution >= 0.6 is 0 Å². The summed E-state index contributed by atoms with van der Waals surface area (Å²) < 4.78 is 11.0. The summed E-state index contributed by atoms with van der Waals surface area (Å²) in [7, 11) is 0. The first-order chi connectivity index (χ1) is 19.4. The molecule has 12 heteroatoms. The van der Waals surface area contributed by atoms with E-state index >= 15 is 0 Å². The zero-order chi connectivity index (χ0) is 27.9. The van der Waals surface area contributed by atoms with Crippen LogP contribution in [0.2, 0.25) is 0 Å². The highest BCUT2D eigenvalue weighted by Gasteiger charge is 2.22. The molecule has 2 amide bonds. The van der Waals surface area contributed by atoms with E-state index in [0.29, 0.717) is 37.8 Å². The number of benzene rings is 1. The van der Waals surface area contributed by atoms with Crippen molar-refractivity contribution in [2.45, 2.75) is 51.5 Å². The molecule has 40 heavy (non-hydrogen) atoms. The summed E-state index contributed by atoms with van der Waals surface area (Å²) in [5.74, 6) is 1.75. The Bertz CT molecular complexity index is 1290.